The van der Waals surface area contributed by atoms with Crippen LogP contribution in [0.15, 0.2) is 48.5 Å². The highest BCUT2D eigenvalue weighted by molar-refractivity contribution is 6.08. The van der Waals surface area contributed by atoms with E-state index in [9.17, 15) is 9.59 Å². The third-order valence-corrected chi connectivity index (χ3v) is 5.98. The van der Waals surface area contributed by atoms with Crippen molar-refractivity contribution >= 4 is 28.9 Å². The van der Waals surface area contributed by atoms with E-state index in [1.54, 1.807) is 11.8 Å². The summed E-state index contributed by atoms with van der Waals surface area (Å²) in [7, 11) is 0. The molecule has 0 radical (unpaired) electrons. The van der Waals surface area contributed by atoms with Gasteiger partial charge in [0.2, 0.25) is 11.9 Å². The number of esters is 1. The number of unbranched alkanes of at least 4 members (excludes halogenated alkanes) is 2. The van der Waals surface area contributed by atoms with Gasteiger partial charge in [-0.2, -0.15) is 0 Å². The van der Waals surface area contributed by atoms with Crippen molar-refractivity contribution in [3.05, 3.63) is 59.7 Å². The summed E-state index contributed by atoms with van der Waals surface area (Å²) < 4.78 is 7.46. The van der Waals surface area contributed by atoms with Crippen LogP contribution in [0.1, 0.15) is 50.3 Å². The number of benzene rings is 2. The van der Waals surface area contributed by atoms with Crippen molar-refractivity contribution in [2.24, 2.45) is 5.92 Å². The fraction of sp³-hybridized carbons (Fsp3) is 0.400. The summed E-state index contributed by atoms with van der Waals surface area (Å²) in [5.41, 5.74) is 3.69. The van der Waals surface area contributed by atoms with E-state index in [0.717, 1.165) is 41.4 Å². The van der Waals surface area contributed by atoms with E-state index in [2.05, 4.69) is 11.5 Å². The lowest BCUT2D eigenvalue weighted by Crippen LogP contribution is -2.50. The number of aryl methyl sites for hydroxylation is 1. The van der Waals surface area contributed by atoms with Crippen LogP contribution in [0.5, 0.6) is 0 Å². The molecule has 0 N–H and O–H groups in total. The van der Waals surface area contributed by atoms with Crippen molar-refractivity contribution in [3.8, 4) is 0 Å². The first-order valence-electron chi connectivity index (χ1n) is 11.1. The zero-order valence-corrected chi connectivity index (χ0v) is 18.4. The molecule has 162 valence electrons. The largest absolute Gasteiger partial charge is 0.465 e. The Morgan fingerprint density at radius 3 is 2.55 bits per heavy atom. The van der Waals surface area contributed by atoms with Crippen molar-refractivity contribution in [3.63, 3.8) is 0 Å². The fourth-order valence-corrected chi connectivity index (χ4v) is 4.48. The minimum Gasteiger partial charge on any atom is -0.465 e. The highest BCUT2D eigenvalue weighted by Gasteiger charge is 2.48. The normalized spacial score (nSPS) is 18.3. The molecule has 0 aliphatic carbocycles. The Balaban J connectivity index is 1.96. The maximum absolute atomic E-state index is 13.7. The molecule has 0 saturated carbocycles. The second-order valence-electron chi connectivity index (χ2n) is 8.00. The molecule has 2 aromatic carbocycles. The molecule has 0 fully saturated rings. The van der Waals surface area contributed by atoms with E-state index in [1.165, 1.54) is 0 Å². The number of hydrogen-bond donors (Lipinski definition) is 0. The molecule has 31 heavy (non-hydrogen) atoms. The number of fused-ring (bicyclic) bond motifs is 3. The number of amides is 1. The average Bonchev–Trinajstić information content (AvgIpc) is 3.14. The van der Waals surface area contributed by atoms with Crippen molar-refractivity contribution in [2.75, 3.05) is 18.1 Å². The predicted molar refractivity (Wildman–Crippen MR) is 121 cm³/mol. The van der Waals surface area contributed by atoms with Crippen LogP contribution in [0.4, 0.5) is 5.95 Å². The SMILES string of the molecule is CCCCCN1C(=O)[C@@H](C(=O)OCC)[C@@H](c2ccccc2C)n2c1nc1ccccc12. The Kier molecular flexibility index (Phi) is 6.07. The summed E-state index contributed by atoms with van der Waals surface area (Å²) in [5, 5.41) is 0. The van der Waals surface area contributed by atoms with Crippen LogP contribution in [-0.4, -0.2) is 34.6 Å². The van der Waals surface area contributed by atoms with E-state index in [4.69, 9.17) is 9.72 Å². The molecule has 6 heteroatoms. The molecule has 4 rings (SSSR count). The lowest BCUT2D eigenvalue weighted by atomic mass is 9.87. The van der Waals surface area contributed by atoms with E-state index >= 15 is 0 Å². The minimum atomic E-state index is -0.951. The first-order chi connectivity index (χ1) is 15.1. The summed E-state index contributed by atoms with van der Waals surface area (Å²) in [6.45, 7) is 6.67. The second-order valence-corrected chi connectivity index (χ2v) is 8.00. The number of rotatable bonds is 7. The van der Waals surface area contributed by atoms with Gasteiger partial charge in [0.05, 0.1) is 23.7 Å². The van der Waals surface area contributed by atoms with Crippen LogP contribution >= 0.6 is 0 Å². The topological polar surface area (TPSA) is 64.4 Å². The Labute approximate surface area is 182 Å². The Bertz CT molecular complexity index is 1100. The molecule has 0 unspecified atom stereocenters. The molecule has 6 nitrogen and oxygen atoms in total. The van der Waals surface area contributed by atoms with Crippen LogP contribution in [0, 0.1) is 12.8 Å². The quantitative estimate of drug-likeness (QED) is 0.318. The molecule has 2 atom stereocenters. The molecule has 0 spiro atoms. The minimum absolute atomic E-state index is 0.231. The summed E-state index contributed by atoms with van der Waals surface area (Å²) in [6.07, 6.45) is 2.91. The van der Waals surface area contributed by atoms with Gasteiger partial charge in [0.15, 0.2) is 5.92 Å². The van der Waals surface area contributed by atoms with Crippen molar-refractivity contribution in [2.45, 2.75) is 46.1 Å². The monoisotopic (exact) mass is 419 g/mol. The molecular formula is C25H29N3O3. The molecule has 1 aliphatic rings. The lowest BCUT2D eigenvalue weighted by Gasteiger charge is -2.38. The summed E-state index contributed by atoms with van der Waals surface area (Å²) in [6, 6.07) is 15.3. The van der Waals surface area contributed by atoms with Gasteiger partial charge in [0.25, 0.3) is 0 Å². The molecule has 1 aliphatic heterocycles. The third-order valence-electron chi connectivity index (χ3n) is 5.98. The maximum atomic E-state index is 13.7. The van der Waals surface area contributed by atoms with Crippen molar-refractivity contribution in [1.82, 2.24) is 9.55 Å². The number of aromatic nitrogens is 2. The van der Waals surface area contributed by atoms with Crippen LogP contribution in [-0.2, 0) is 14.3 Å². The summed E-state index contributed by atoms with van der Waals surface area (Å²) in [5.74, 6) is -1.06. The number of nitrogens with zero attached hydrogens (tertiary/aromatic N) is 3. The van der Waals surface area contributed by atoms with Gasteiger partial charge < -0.3 is 9.30 Å². The summed E-state index contributed by atoms with van der Waals surface area (Å²) >= 11 is 0. The second kappa shape index (κ2) is 8.92. The number of ether oxygens (including phenoxy) is 1. The first kappa shape index (κ1) is 21.1. The molecule has 1 aromatic heterocycles. The number of hydrogen-bond acceptors (Lipinski definition) is 4. The molecule has 2 heterocycles. The standard InChI is InChI=1S/C25H29N3O3/c1-4-6-11-16-27-23(29)21(24(30)31-5-2)22(18-13-8-7-12-17(18)3)28-20-15-10-9-14-19(20)26-25(27)28/h7-10,12-15,21-22H,4-6,11,16H2,1-3H3/t21-,22+/m0/s1. The fourth-order valence-electron chi connectivity index (χ4n) is 4.48. The van der Waals surface area contributed by atoms with Gasteiger partial charge in [-0.25, -0.2) is 4.98 Å². The van der Waals surface area contributed by atoms with Crippen LogP contribution in [0.3, 0.4) is 0 Å². The molecule has 3 aromatic rings. The van der Waals surface area contributed by atoms with Crippen molar-refractivity contribution in [1.29, 1.82) is 0 Å². The zero-order valence-electron chi connectivity index (χ0n) is 18.4. The van der Waals surface area contributed by atoms with Crippen LogP contribution in [0.2, 0.25) is 0 Å². The lowest BCUT2D eigenvalue weighted by molar-refractivity contribution is -0.153. The number of para-hydroxylation sites is 2. The van der Waals surface area contributed by atoms with Gasteiger partial charge in [-0.05, 0) is 43.5 Å². The summed E-state index contributed by atoms with van der Waals surface area (Å²) in [4.78, 5) is 33.4. The number of carbonyl (C=O) groups excluding carboxylic acids is 2. The van der Waals surface area contributed by atoms with Crippen LogP contribution < -0.4 is 4.90 Å². The van der Waals surface area contributed by atoms with Gasteiger partial charge in [0.1, 0.15) is 0 Å². The number of imidazole rings is 1. The Morgan fingerprint density at radius 1 is 1.06 bits per heavy atom. The van der Waals surface area contributed by atoms with Gasteiger partial charge in [-0.3, -0.25) is 14.5 Å². The molecule has 0 saturated heterocycles. The molecule has 1 amide bonds. The van der Waals surface area contributed by atoms with Gasteiger partial charge in [-0.15, -0.1) is 0 Å². The zero-order chi connectivity index (χ0) is 22.0. The predicted octanol–water partition coefficient (Wildman–Crippen LogP) is 4.65. The Hall–Kier alpha value is -3.15. The van der Waals surface area contributed by atoms with E-state index in [1.807, 2.05) is 55.5 Å². The third kappa shape index (κ3) is 3.71. The Morgan fingerprint density at radius 2 is 1.81 bits per heavy atom. The maximum Gasteiger partial charge on any atom is 0.321 e. The van der Waals surface area contributed by atoms with E-state index in [0.29, 0.717) is 12.5 Å². The van der Waals surface area contributed by atoms with Gasteiger partial charge >= 0.3 is 5.97 Å². The number of carbonyl (C=O) groups is 2. The average molecular weight is 420 g/mol. The van der Waals surface area contributed by atoms with Gasteiger partial charge in [-0.1, -0.05) is 56.2 Å². The smallest absolute Gasteiger partial charge is 0.321 e. The highest BCUT2D eigenvalue weighted by Crippen LogP contribution is 2.42. The van der Waals surface area contributed by atoms with Crippen molar-refractivity contribution < 1.29 is 14.3 Å². The molecule has 0 bridgehead atoms. The highest BCUT2D eigenvalue weighted by atomic mass is 16.5. The first-order valence-corrected chi connectivity index (χ1v) is 11.1. The van der Waals surface area contributed by atoms with Crippen LogP contribution in [0.25, 0.3) is 11.0 Å². The molecular weight excluding hydrogens is 390 g/mol. The number of anilines is 1. The van der Waals surface area contributed by atoms with E-state index < -0.39 is 17.9 Å². The van der Waals surface area contributed by atoms with E-state index in [-0.39, 0.29) is 12.5 Å². The van der Waals surface area contributed by atoms with Gasteiger partial charge in [0, 0.05) is 6.54 Å².